The van der Waals surface area contributed by atoms with Gasteiger partial charge in [0.2, 0.25) is 5.91 Å². The minimum atomic E-state index is -0.466. The van der Waals surface area contributed by atoms with Crippen molar-refractivity contribution < 1.29 is 14.3 Å². The first-order chi connectivity index (χ1) is 14.7. The lowest BCUT2D eigenvalue weighted by atomic mass is 9.71. The topological polar surface area (TPSA) is 58.6 Å². The molecule has 30 heavy (non-hydrogen) atoms. The van der Waals surface area contributed by atoms with Gasteiger partial charge in [0.25, 0.3) is 5.91 Å². The van der Waals surface area contributed by atoms with Gasteiger partial charge in [-0.3, -0.25) is 9.59 Å². The van der Waals surface area contributed by atoms with Gasteiger partial charge in [-0.2, -0.15) is 0 Å². The van der Waals surface area contributed by atoms with Crippen molar-refractivity contribution in [1.82, 2.24) is 10.2 Å². The van der Waals surface area contributed by atoms with Gasteiger partial charge in [-0.15, -0.1) is 0 Å². The summed E-state index contributed by atoms with van der Waals surface area (Å²) in [5.41, 5.74) is 2.16. The van der Waals surface area contributed by atoms with Crippen LogP contribution in [0.4, 0.5) is 0 Å². The van der Waals surface area contributed by atoms with Crippen molar-refractivity contribution in [3.05, 3.63) is 71.3 Å². The molecule has 1 N–H and O–H groups in total. The molecule has 1 saturated carbocycles. The summed E-state index contributed by atoms with van der Waals surface area (Å²) in [7, 11) is 1.67. The number of nitrogens with one attached hydrogen (secondary N) is 1. The molecule has 1 heterocycles. The number of hydrogen-bond donors (Lipinski definition) is 1. The normalized spacial score (nSPS) is 19.7. The SMILES string of the molecule is COCCCNC(=O)[C@@H]1c2ccccc2C(=O)N(Cc2ccccc2)C12CCCC2. The predicted molar refractivity (Wildman–Crippen MR) is 116 cm³/mol. The second-order valence-corrected chi connectivity index (χ2v) is 8.35. The van der Waals surface area contributed by atoms with Gasteiger partial charge in [0.05, 0.1) is 11.5 Å². The Kier molecular flexibility index (Phi) is 6.18. The maximum Gasteiger partial charge on any atom is 0.254 e. The fourth-order valence-corrected chi connectivity index (χ4v) is 5.19. The molecule has 1 atom stereocenters. The third-order valence-corrected chi connectivity index (χ3v) is 6.56. The first-order valence-corrected chi connectivity index (χ1v) is 10.9. The Balaban J connectivity index is 1.73. The molecule has 2 aromatic rings. The Morgan fingerprint density at radius 2 is 1.80 bits per heavy atom. The number of nitrogens with zero attached hydrogens (tertiary/aromatic N) is 1. The quantitative estimate of drug-likeness (QED) is 0.710. The van der Waals surface area contributed by atoms with Gasteiger partial charge in [0.1, 0.15) is 0 Å². The van der Waals surface area contributed by atoms with Crippen LogP contribution in [0.15, 0.2) is 54.6 Å². The molecule has 0 radical (unpaired) electrons. The molecule has 2 amide bonds. The number of ether oxygens (including phenoxy) is 1. The number of carbonyl (C=O) groups is 2. The summed E-state index contributed by atoms with van der Waals surface area (Å²) in [6.07, 6.45) is 4.56. The Labute approximate surface area is 178 Å². The minimum Gasteiger partial charge on any atom is -0.385 e. The molecule has 158 valence electrons. The Morgan fingerprint density at radius 1 is 1.10 bits per heavy atom. The van der Waals surface area contributed by atoms with E-state index in [1.165, 1.54) is 0 Å². The summed E-state index contributed by atoms with van der Waals surface area (Å²) in [4.78, 5) is 29.1. The average Bonchev–Trinajstić information content (AvgIpc) is 3.25. The summed E-state index contributed by atoms with van der Waals surface area (Å²) in [6.45, 7) is 1.72. The van der Waals surface area contributed by atoms with Gasteiger partial charge >= 0.3 is 0 Å². The van der Waals surface area contributed by atoms with Crippen LogP contribution >= 0.6 is 0 Å². The second-order valence-electron chi connectivity index (χ2n) is 8.35. The average molecular weight is 407 g/mol. The minimum absolute atomic E-state index is 0.0195. The van der Waals surface area contributed by atoms with Crippen LogP contribution in [0.25, 0.3) is 0 Å². The number of carbonyl (C=O) groups excluding carboxylic acids is 2. The lowest BCUT2D eigenvalue weighted by Gasteiger charge is -2.50. The van der Waals surface area contributed by atoms with E-state index in [9.17, 15) is 9.59 Å². The standard InChI is InChI=1S/C25H30N2O3/c1-30-17-9-16-26-23(28)22-20-12-5-6-13-21(20)24(29)27(25(22)14-7-8-15-25)18-19-10-3-2-4-11-19/h2-6,10-13,22H,7-9,14-18H2,1H3,(H,26,28)/t22-/m0/s1. The fraction of sp³-hybridized carbons (Fsp3) is 0.440. The van der Waals surface area contributed by atoms with Gasteiger partial charge in [0.15, 0.2) is 0 Å². The molecule has 1 fully saturated rings. The molecular formula is C25H30N2O3. The van der Waals surface area contributed by atoms with Crippen molar-refractivity contribution >= 4 is 11.8 Å². The summed E-state index contributed by atoms with van der Waals surface area (Å²) in [5.74, 6) is -0.286. The first-order valence-electron chi connectivity index (χ1n) is 10.9. The van der Waals surface area contributed by atoms with Crippen LogP contribution < -0.4 is 5.32 Å². The molecule has 2 aliphatic rings. The van der Waals surface area contributed by atoms with Crippen LogP contribution in [0.3, 0.4) is 0 Å². The molecule has 1 spiro atoms. The Bertz CT molecular complexity index is 890. The van der Waals surface area contributed by atoms with Crippen molar-refractivity contribution in [2.75, 3.05) is 20.3 Å². The maximum absolute atomic E-state index is 13.6. The van der Waals surface area contributed by atoms with E-state index in [1.807, 2.05) is 47.4 Å². The molecule has 0 aromatic heterocycles. The zero-order valence-corrected chi connectivity index (χ0v) is 17.6. The largest absolute Gasteiger partial charge is 0.385 e. The first kappa shape index (κ1) is 20.6. The lowest BCUT2D eigenvalue weighted by molar-refractivity contribution is -0.126. The fourth-order valence-electron chi connectivity index (χ4n) is 5.19. The molecular weight excluding hydrogens is 376 g/mol. The van der Waals surface area contributed by atoms with Crippen LogP contribution in [-0.2, 0) is 16.1 Å². The molecule has 0 unspecified atom stereocenters. The molecule has 0 bridgehead atoms. The van der Waals surface area contributed by atoms with Crippen molar-refractivity contribution in [3.8, 4) is 0 Å². The van der Waals surface area contributed by atoms with Gasteiger partial charge in [-0.25, -0.2) is 0 Å². The summed E-state index contributed by atoms with van der Waals surface area (Å²) in [5, 5.41) is 3.12. The number of hydrogen-bond acceptors (Lipinski definition) is 3. The van der Waals surface area contributed by atoms with E-state index in [4.69, 9.17) is 4.74 Å². The van der Waals surface area contributed by atoms with E-state index in [1.54, 1.807) is 7.11 Å². The second kappa shape index (κ2) is 9.00. The van der Waals surface area contributed by atoms with E-state index in [-0.39, 0.29) is 17.7 Å². The number of amides is 2. The van der Waals surface area contributed by atoms with Gasteiger partial charge in [-0.1, -0.05) is 61.4 Å². The van der Waals surface area contributed by atoms with Crippen molar-refractivity contribution in [2.24, 2.45) is 0 Å². The lowest BCUT2D eigenvalue weighted by Crippen LogP contribution is -2.60. The highest BCUT2D eigenvalue weighted by molar-refractivity contribution is 6.02. The number of rotatable bonds is 7. The van der Waals surface area contributed by atoms with Crippen molar-refractivity contribution in [2.45, 2.75) is 50.1 Å². The van der Waals surface area contributed by atoms with Crippen LogP contribution in [0, 0.1) is 0 Å². The number of fused-ring (bicyclic) bond motifs is 1. The highest BCUT2D eigenvalue weighted by Crippen LogP contribution is 2.50. The molecule has 0 saturated heterocycles. The Hall–Kier alpha value is -2.66. The van der Waals surface area contributed by atoms with Crippen LogP contribution in [0.5, 0.6) is 0 Å². The van der Waals surface area contributed by atoms with Crippen LogP contribution in [0.1, 0.15) is 59.5 Å². The summed E-state index contributed by atoms with van der Waals surface area (Å²) in [6, 6.07) is 17.7. The van der Waals surface area contributed by atoms with Gasteiger partial charge in [-0.05, 0) is 36.5 Å². The molecule has 5 nitrogen and oxygen atoms in total. The smallest absolute Gasteiger partial charge is 0.254 e. The zero-order valence-electron chi connectivity index (χ0n) is 17.6. The zero-order chi connectivity index (χ0) is 21.0. The van der Waals surface area contributed by atoms with Gasteiger partial charge < -0.3 is 15.0 Å². The molecule has 1 aliphatic carbocycles. The van der Waals surface area contributed by atoms with Crippen molar-refractivity contribution in [1.29, 1.82) is 0 Å². The highest BCUT2D eigenvalue weighted by Gasteiger charge is 2.55. The summed E-state index contributed by atoms with van der Waals surface area (Å²) < 4.78 is 5.11. The summed E-state index contributed by atoms with van der Waals surface area (Å²) >= 11 is 0. The molecule has 4 rings (SSSR count). The Morgan fingerprint density at radius 3 is 2.53 bits per heavy atom. The van der Waals surface area contributed by atoms with E-state index in [0.29, 0.717) is 25.3 Å². The van der Waals surface area contributed by atoms with E-state index < -0.39 is 5.54 Å². The predicted octanol–water partition coefficient (Wildman–Crippen LogP) is 3.89. The molecule has 1 aliphatic heterocycles. The van der Waals surface area contributed by atoms with E-state index in [0.717, 1.165) is 43.2 Å². The molecule has 5 heteroatoms. The van der Waals surface area contributed by atoms with Crippen LogP contribution in [0.2, 0.25) is 0 Å². The highest BCUT2D eigenvalue weighted by atomic mass is 16.5. The maximum atomic E-state index is 13.6. The third-order valence-electron chi connectivity index (χ3n) is 6.56. The third kappa shape index (κ3) is 3.74. The van der Waals surface area contributed by atoms with Gasteiger partial charge in [0, 0.05) is 32.4 Å². The van der Waals surface area contributed by atoms with E-state index in [2.05, 4.69) is 17.4 Å². The number of benzene rings is 2. The van der Waals surface area contributed by atoms with E-state index >= 15 is 0 Å². The molecule has 2 aromatic carbocycles. The van der Waals surface area contributed by atoms with Crippen molar-refractivity contribution in [3.63, 3.8) is 0 Å². The number of methoxy groups -OCH3 is 1. The monoisotopic (exact) mass is 406 g/mol. The van der Waals surface area contributed by atoms with Crippen LogP contribution in [-0.4, -0.2) is 42.5 Å².